The van der Waals surface area contributed by atoms with E-state index in [0.717, 1.165) is 17.0 Å². The lowest BCUT2D eigenvalue weighted by molar-refractivity contribution is 0.0915. The van der Waals surface area contributed by atoms with Crippen LogP contribution in [0.15, 0.2) is 36.4 Å². The molecule has 0 bridgehead atoms. The van der Waals surface area contributed by atoms with Gasteiger partial charge in [0.1, 0.15) is 5.75 Å². The second kappa shape index (κ2) is 7.04. The van der Waals surface area contributed by atoms with Gasteiger partial charge in [-0.05, 0) is 43.7 Å². The van der Waals surface area contributed by atoms with Crippen molar-refractivity contribution in [3.8, 4) is 5.75 Å². The number of hydrogen-bond donors (Lipinski definition) is 2. The van der Waals surface area contributed by atoms with E-state index in [2.05, 4.69) is 10.3 Å². The minimum Gasteiger partial charge on any atom is -0.497 e. The number of aryl methyl sites for hydroxylation is 2. The molecule has 0 fully saturated rings. The van der Waals surface area contributed by atoms with Crippen LogP contribution < -0.4 is 10.1 Å². The molecule has 2 rings (SSSR count). The lowest BCUT2D eigenvalue weighted by Crippen LogP contribution is -2.29. The molecular formula is C17H20N2O3. The highest BCUT2D eigenvalue weighted by molar-refractivity contribution is 5.95. The van der Waals surface area contributed by atoms with E-state index in [0.29, 0.717) is 11.3 Å². The smallest absolute Gasteiger partial charge is 0.253 e. The largest absolute Gasteiger partial charge is 0.497 e. The fourth-order valence-electron chi connectivity index (χ4n) is 2.16. The Morgan fingerprint density at radius 1 is 1.23 bits per heavy atom. The summed E-state index contributed by atoms with van der Waals surface area (Å²) in [6.07, 6.45) is -0.770. The molecule has 0 spiro atoms. The first-order valence-corrected chi connectivity index (χ1v) is 7.05. The Kier molecular flexibility index (Phi) is 5.12. The van der Waals surface area contributed by atoms with Crippen molar-refractivity contribution in [3.63, 3.8) is 0 Å². The van der Waals surface area contributed by atoms with Gasteiger partial charge in [0, 0.05) is 12.2 Å². The molecule has 1 unspecified atom stereocenters. The molecule has 1 aromatic heterocycles. The van der Waals surface area contributed by atoms with Crippen molar-refractivity contribution in [2.24, 2.45) is 0 Å². The molecule has 2 aromatic rings. The number of nitrogens with one attached hydrogen (secondary N) is 1. The third-order valence-electron chi connectivity index (χ3n) is 3.43. The van der Waals surface area contributed by atoms with Gasteiger partial charge in [-0.1, -0.05) is 12.1 Å². The van der Waals surface area contributed by atoms with Gasteiger partial charge in [-0.2, -0.15) is 0 Å². The number of aliphatic hydroxyl groups is 1. The van der Waals surface area contributed by atoms with Gasteiger partial charge in [0.05, 0.1) is 24.5 Å². The van der Waals surface area contributed by atoms with Crippen molar-refractivity contribution in [1.29, 1.82) is 0 Å². The van der Waals surface area contributed by atoms with Gasteiger partial charge in [0.25, 0.3) is 5.91 Å². The number of carbonyl (C=O) groups is 1. The number of aromatic nitrogens is 1. The molecule has 5 nitrogen and oxygen atoms in total. The highest BCUT2D eigenvalue weighted by Gasteiger charge is 2.13. The predicted molar refractivity (Wildman–Crippen MR) is 84.0 cm³/mol. The zero-order chi connectivity index (χ0) is 16.1. The van der Waals surface area contributed by atoms with Crippen LogP contribution in [0.25, 0.3) is 0 Å². The van der Waals surface area contributed by atoms with E-state index in [1.54, 1.807) is 50.4 Å². The Hall–Kier alpha value is -2.40. The lowest BCUT2D eigenvalue weighted by atomic mass is 10.1. The van der Waals surface area contributed by atoms with Crippen LogP contribution in [0.1, 0.15) is 33.4 Å². The van der Waals surface area contributed by atoms with E-state index in [1.165, 1.54) is 0 Å². The van der Waals surface area contributed by atoms with E-state index in [-0.39, 0.29) is 12.5 Å². The third kappa shape index (κ3) is 3.83. The number of aliphatic hydroxyl groups excluding tert-OH is 1. The van der Waals surface area contributed by atoms with E-state index in [1.807, 2.05) is 6.92 Å². The van der Waals surface area contributed by atoms with E-state index < -0.39 is 6.10 Å². The Morgan fingerprint density at radius 2 is 1.91 bits per heavy atom. The summed E-state index contributed by atoms with van der Waals surface area (Å²) < 4.78 is 5.07. The van der Waals surface area contributed by atoms with Crippen molar-refractivity contribution in [1.82, 2.24) is 10.3 Å². The molecule has 0 saturated heterocycles. The molecule has 116 valence electrons. The van der Waals surface area contributed by atoms with Gasteiger partial charge in [-0.25, -0.2) is 0 Å². The molecule has 0 saturated carbocycles. The number of hydrogen-bond acceptors (Lipinski definition) is 4. The van der Waals surface area contributed by atoms with E-state index >= 15 is 0 Å². The fraction of sp³-hybridized carbons (Fsp3) is 0.294. The zero-order valence-corrected chi connectivity index (χ0v) is 13.0. The van der Waals surface area contributed by atoms with E-state index in [4.69, 9.17) is 4.74 Å². The summed E-state index contributed by atoms with van der Waals surface area (Å²) in [4.78, 5) is 16.4. The first-order chi connectivity index (χ1) is 10.5. The maximum absolute atomic E-state index is 12.1. The van der Waals surface area contributed by atoms with Crippen LogP contribution in [0, 0.1) is 13.8 Å². The standard InChI is InChI=1S/C17H20N2O3/c1-11-4-9-15(12(2)19-11)17(21)18-10-16(20)13-5-7-14(22-3)8-6-13/h4-9,16,20H,10H2,1-3H3,(H,18,21). The average molecular weight is 300 g/mol. The molecule has 1 heterocycles. The SMILES string of the molecule is COc1ccc(C(O)CNC(=O)c2ccc(C)nc2C)cc1. The van der Waals surface area contributed by atoms with Gasteiger partial charge in [-0.3, -0.25) is 9.78 Å². The topological polar surface area (TPSA) is 71.5 Å². The number of carbonyl (C=O) groups excluding carboxylic acids is 1. The maximum Gasteiger partial charge on any atom is 0.253 e. The molecule has 5 heteroatoms. The molecule has 1 aromatic carbocycles. The molecule has 0 aliphatic carbocycles. The van der Waals surface area contributed by atoms with E-state index in [9.17, 15) is 9.90 Å². The summed E-state index contributed by atoms with van der Waals surface area (Å²) in [7, 11) is 1.59. The minimum absolute atomic E-state index is 0.137. The molecule has 22 heavy (non-hydrogen) atoms. The minimum atomic E-state index is -0.770. The second-order valence-corrected chi connectivity index (χ2v) is 5.08. The number of rotatable bonds is 5. The lowest BCUT2D eigenvalue weighted by Gasteiger charge is -2.13. The highest BCUT2D eigenvalue weighted by Crippen LogP contribution is 2.17. The van der Waals surface area contributed by atoms with Crippen molar-refractivity contribution in [2.45, 2.75) is 20.0 Å². The van der Waals surface area contributed by atoms with Crippen LogP contribution in [-0.2, 0) is 0 Å². The molecule has 2 N–H and O–H groups in total. The van der Waals surface area contributed by atoms with Gasteiger partial charge in [0.2, 0.25) is 0 Å². The molecule has 0 aliphatic heterocycles. The van der Waals surface area contributed by atoms with Gasteiger partial charge in [-0.15, -0.1) is 0 Å². The summed E-state index contributed by atoms with van der Waals surface area (Å²) in [5.74, 6) is 0.485. The van der Waals surface area contributed by atoms with Crippen molar-refractivity contribution < 1.29 is 14.6 Å². The highest BCUT2D eigenvalue weighted by atomic mass is 16.5. The Labute approximate surface area is 130 Å². The van der Waals surface area contributed by atoms with Crippen LogP contribution in [0.4, 0.5) is 0 Å². The zero-order valence-electron chi connectivity index (χ0n) is 13.0. The van der Waals surface area contributed by atoms with Crippen molar-refractivity contribution in [2.75, 3.05) is 13.7 Å². The second-order valence-electron chi connectivity index (χ2n) is 5.08. The number of pyridine rings is 1. The summed E-state index contributed by atoms with van der Waals surface area (Å²) >= 11 is 0. The summed E-state index contributed by atoms with van der Waals surface area (Å²) in [5, 5.41) is 12.8. The molecule has 0 aliphatic rings. The summed E-state index contributed by atoms with van der Waals surface area (Å²) in [6.45, 7) is 3.81. The number of ether oxygens (including phenoxy) is 1. The van der Waals surface area contributed by atoms with Gasteiger partial charge in [0.15, 0.2) is 0 Å². The summed E-state index contributed by atoms with van der Waals surface area (Å²) in [6, 6.07) is 10.6. The Morgan fingerprint density at radius 3 is 2.50 bits per heavy atom. The maximum atomic E-state index is 12.1. The number of amides is 1. The van der Waals surface area contributed by atoms with Crippen LogP contribution in [0.3, 0.4) is 0 Å². The van der Waals surface area contributed by atoms with Crippen molar-refractivity contribution in [3.05, 3.63) is 58.9 Å². The molecule has 1 amide bonds. The normalized spacial score (nSPS) is 11.8. The van der Waals surface area contributed by atoms with Gasteiger partial charge >= 0.3 is 0 Å². The first-order valence-electron chi connectivity index (χ1n) is 7.05. The number of methoxy groups -OCH3 is 1. The number of nitrogens with zero attached hydrogens (tertiary/aromatic N) is 1. The van der Waals surface area contributed by atoms with Crippen LogP contribution in [0.2, 0.25) is 0 Å². The Bertz CT molecular complexity index is 653. The van der Waals surface area contributed by atoms with Crippen LogP contribution in [-0.4, -0.2) is 29.7 Å². The third-order valence-corrected chi connectivity index (χ3v) is 3.43. The number of benzene rings is 1. The first kappa shape index (κ1) is 16.0. The summed E-state index contributed by atoms with van der Waals surface area (Å²) in [5.41, 5.74) is 2.79. The Balaban J connectivity index is 1.97. The van der Waals surface area contributed by atoms with Crippen LogP contribution in [0.5, 0.6) is 5.75 Å². The fourth-order valence-corrected chi connectivity index (χ4v) is 2.16. The molecule has 1 atom stereocenters. The quantitative estimate of drug-likeness (QED) is 0.887. The average Bonchev–Trinajstić information content (AvgIpc) is 2.52. The van der Waals surface area contributed by atoms with Gasteiger partial charge < -0.3 is 15.2 Å². The van der Waals surface area contributed by atoms with Crippen molar-refractivity contribution >= 4 is 5.91 Å². The molecular weight excluding hydrogens is 280 g/mol. The van der Waals surface area contributed by atoms with Crippen LogP contribution >= 0.6 is 0 Å². The molecule has 0 radical (unpaired) electrons. The monoisotopic (exact) mass is 300 g/mol. The predicted octanol–water partition coefficient (Wildman–Crippen LogP) is 2.17.